The second-order valence-corrected chi connectivity index (χ2v) is 5.87. The van der Waals surface area contributed by atoms with Gasteiger partial charge in [0.1, 0.15) is 12.7 Å². The number of aliphatic hydroxyl groups excluding tert-OH is 1. The Kier molecular flexibility index (Phi) is 6.87. The Morgan fingerprint density at radius 2 is 2.04 bits per heavy atom. The number of esters is 1. The van der Waals surface area contributed by atoms with Crippen molar-refractivity contribution in [2.75, 3.05) is 20.3 Å². The standard InChI is InChI=1S/C16H17NO7S/c1-22-16(19)15-14(17(20)21)13(10-25-15)24-9-12(18)8-23-7-11-5-3-2-4-6-11/h2-6,10,12,18H,7-9H2,1H3/t12-/m1/s1. The Bertz CT molecular complexity index is 717. The highest BCUT2D eigenvalue weighted by atomic mass is 32.1. The van der Waals surface area contributed by atoms with Gasteiger partial charge in [0.15, 0.2) is 4.88 Å². The van der Waals surface area contributed by atoms with Gasteiger partial charge < -0.3 is 19.3 Å². The molecule has 0 saturated carbocycles. The van der Waals surface area contributed by atoms with E-state index in [9.17, 15) is 20.0 Å². The Morgan fingerprint density at radius 3 is 2.68 bits per heavy atom. The number of hydrogen-bond acceptors (Lipinski definition) is 8. The van der Waals surface area contributed by atoms with Gasteiger partial charge in [-0.3, -0.25) is 10.1 Å². The van der Waals surface area contributed by atoms with E-state index in [2.05, 4.69) is 4.74 Å². The van der Waals surface area contributed by atoms with E-state index < -0.39 is 22.7 Å². The maximum atomic E-state index is 11.5. The smallest absolute Gasteiger partial charge is 0.355 e. The van der Waals surface area contributed by atoms with E-state index in [4.69, 9.17) is 9.47 Å². The van der Waals surface area contributed by atoms with E-state index in [-0.39, 0.29) is 23.8 Å². The molecule has 0 aliphatic heterocycles. The third-order valence-electron chi connectivity index (χ3n) is 3.14. The quantitative estimate of drug-likeness (QED) is 0.412. The van der Waals surface area contributed by atoms with Crippen molar-refractivity contribution in [3.63, 3.8) is 0 Å². The third-order valence-corrected chi connectivity index (χ3v) is 4.07. The Labute approximate surface area is 147 Å². The minimum Gasteiger partial charge on any atom is -0.483 e. The van der Waals surface area contributed by atoms with Crippen LogP contribution < -0.4 is 4.74 Å². The van der Waals surface area contributed by atoms with Crippen molar-refractivity contribution in [2.45, 2.75) is 12.7 Å². The van der Waals surface area contributed by atoms with Crippen LogP contribution in [0.1, 0.15) is 15.2 Å². The second-order valence-electron chi connectivity index (χ2n) is 4.99. The molecule has 134 valence electrons. The molecule has 1 aromatic carbocycles. The Morgan fingerprint density at radius 1 is 1.32 bits per heavy atom. The molecule has 0 bridgehead atoms. The third kappa shape index (κ3) is 5.24. The van der Waals surface area contributed by atoms with Gasteiger partial charge in [-0.25, -0.2) is 4.79 Å². The number of nitro groups is 1. The number of methoxy groups -OCH3 is 1. The molecule has 0 aliphatic carbocycles. The molecule has 0 radical (unpaired) electrons. The average Bonchev–Trinajstić information content (AvgIpc) is 3.04. The zero-order valence-electron chi connectivity index (χ0n) is 13.4. The van der Waals surface area contributed by atoms with Crippen LogP contribution in [0.4, 0.5) is 5.69 Å². The van der Waals surface area contributed by atoms with Crippen LogP contribution in [0, 0.1) is 10.1 Å². The molecular formula is C16H17NO7S. The predicted molar refractivity (Wildman–Crippen MR) is 89.9 cm³/mol. The van der Waals surface area contributed by atoms with Crippen LogP contribution in [0.25, 0.3) is 0 Å². The molecule has 0 fully saturated rings. The number of carbonyl (C=O) groups excluding carboxylic acids is 1. The van der Waals surface area contributed by atoms with E-state index in [0.717, 1.165) is 24.0 Å². The first kappa shape index (κ1) is 18.8. The fourth-order valence-electron chi connectivity index (χ4n) is 1.97. The van der Waals surface area contributed by atoms with Crippen molar-refractivity contribution >= 4 is 23.0 Å². The molecule has 8 nitrogen and oxygen atoms in total. The molecule has 1 N–H and O–H groups in total. The fourth-order valence-corrected chi connectivity index (χ4v) is 2.84. The highest BCUT2D eigenvalue weighted by molar-refractivity contribution is 7.12. The summed E-state index contributed by atoms with van der Waals surface area (Å²) in [5.74, 6) is -0.893. The average molecular weight is 367 g/mol. The topological polar surface area (TPSA) is 108 Å². The summed E-state index contributed by atoms with van der Waals surface area (Å²) in [5.41, 5.74) is 0.501. The molecular weight excluding hydrogens is 350 g/mol. The largest absolute Gasteiger partial charge is 0.483 e. The normalized spacial score (nSPS) is 11.8. The van der Waals surface area contributed by atoms with Gasteiger partial charge in [0, 0.05) is 5.38 Å². The molecule has 9 heteroatoms. The molecule has 1 atom stereocenters. The lowest BCUT2D eigenvalue weighted by Crippen LogP contribution is -2.23. The molecule has 0 saturated heterocycles. The number of aliphatic hydroxyl groups is 1. The van der Waals surface area contributed by atoms with Crippen molar-refractivity contribution in [1.29, 1.82) is 0 Å². The number of rotatable bonds is 9. The number of carbonyl (C=O) groups is 1. The summed E-state index contributed by atoms with van der Waals surface area (Å²) in [7, 11) is 1.14. The molecule has 0 amide bonds. The molecule has 2 rings (SSSR count). The summed E-state index contributed by atoms with van der Waals surface area (Å²) in [5, 5.41) is 22.3. The molecule has 25 heavy (non-hydrogen) atoms. The first-order chi connectivity index (χ1) is 12.0. The van der Waals surface area contributed by atoms with Crippen LogP contribution in [0.15, 0.2) is 35.7 Å². The van der Waals surface area contributed by atoms with Crippen LogP contribution in [0.3, 0.4) is 0 Å². The van der Waals surface area contributed by atoms with Gasteiger partial charge in [0.2, 0.25) is 5.75 Å². The lowest BCUT2D eigenvalue weighted by Gasteiger charge is -2.12. The summed E-state index contributed by atoms with van der Waals surface area (Å²) in [4.78, 5) is 21.8. The van der Waals surface area contributed by atoms with Gasteiger partial charge in [0.25, 0.3) is 0 Å². The predicted octanol–water partition coefficient (Wildman–Crippen LogP) is 2.40. The van der Waals surface area contributed by atoms with Crippen LogP contribution in [-0.2, 0) is 16.1 Å². The highest BCUT2D eigenvalue weighted by Gasteiger charge is 2.29. The van der Waals surface area contributed by atoms with E-state index in [1.54, 1.807) is 0 Å². The SMILES string of the molecule is COC(=O)c1scc(OC[C@H](O)COCc2ccccc2)c1[N+](=O)[O-]. The van der Waals surface area contributed by atoms with Crippen molar-refractivity contribution < 1.29 is 29.0 Å². The summed E-state index contributed by atoms with van der Waals surface area (Å²) in [6.07, 6.45) is -0.968. The van der Waals surface area contributed by atoms with E-state index >= 15 is 0 Å². The summed E-state index contributed by atoms with van der Waals surface area (Å²) in [6.45, 7) is 0.145. The molecule has 1 heterocycles. The van der Waals surface area contributed by atoms with Crippen LogP contribution in [0.2, 0.25) is 0 Å². The summed E-state index contributed by atoms with van der Waals surface area (Å²) in [6, 6.07) is 9.44. The monoisotopic (exact) mass is 367 g/mol. The van der Waals surface area contributed by atoms with Gasteiger partial charge in [-0.15, -0.1) is 11.3 Å². The molecule has 1 aromatic heterocycles. The summed E-state index contributed by atoms with van der Waals surface area (Å²) < 4.78 is 15.1. The van der Waals surface area contributed by atoms with Gasteiger partial charge in [-0.1, -0.05) is 30.3 Å². The van der Waals surface area contributed by atoms with E-state index in [1.165, 1.54) is 5.38 Å². The lowest BCUT2D eigenvalue weighted by molar-refractivity contribution is -0.385. The highest BCUT2D eigenvalue weighted by Crippen LogP contribution is 2.37. The molecule has 0 spiro atoms. The maximum Gasteiger partial charge on any atom is 0.355 e. The fraction of sp³-hybridized carbons (Fsp3) is 0.312. The number of benzene rings is 1. The van der Waals surface area contributed by atoms with Gasteiger partial charge in [-0.05, 0) is 5.56 Å². The molecule has 0 aliphatic rings. The van der Waals surface area contributed by atoms with Gasteiger partial charge >= 0.3 is 11.7 Å². The van der Waals surface area contributed by atoms with Crippen molar-refractivity contribution in [3.05, 3.63) is 56.3 Å². The minimum absolute atomic E-state index is 0.0106. The molecule has 2 aromatic rings. The minimum atomic E-state index is -0.968. The number of thiophene rings is 1. The lowest BCUT2D eigenvalue weighted by atomic mass is 10.2. The molecule has 0 unspecified atom stereocenters. The van der Waals surface area contributed by atoms with Crippen molar-refractivity contribution in [1.82, 2.24) is 0 Å². The van der Waals surface area contributed by atoms with Crippen molar-refractivity contribution in [2.24, 2.45) is 0 Å². The second kappa shape index (κ2) is 9.11. The Balaban J connectivity index is 1.87. The van der Waals surface area contributed by atoms with Crippen molar-refractivity contribution in [3.8, 4) is 5.75 Å². The van der Waals surface area contributed by atoms with Crippen LogP contribution >= 0.6 is 11.3 Å². The Hall–Kier alpha value is -2.49. The number of ether oxygens (including phenoxy) is 3. The number of nitrogens with zero attached hydrogens (tertiary/aromatic N) is 1. The van der Waals surface area contributed by atoms with Crippen LogP contribution in [0.5, 0.6) is 5.75 Å². The first-order valence-electron chi connectivity index (χ1n) is 7.29. The number of hydrogen-bond donors (Lipinski definition) is 1. The zero-order chi connectivity index (χ0) is 18.2. The van der Waals surface area contributed by atoms with E-state index in [1.807, 2.05) is 30.3 Å². The first-order valence-corrected chi connectivity index (χ1v) is 8.17. The van der Waals surface area contributed by atoms with Crippen LogP contribution in [-0.4, -0.2) is 42.4 Å². The maximum absolute atomic E-state index is 11.5. The zero-order valence-corrected chi connectivity index (χ0v) is 14.2. The van der Waals surface area contributed by atoms with Gasteiger partial charge in [0.05, 0.1) is 25.2 Å². The summed E-state index contributed by atoms with van der Waals surface area (Å²) >= 11 is 0.850. The van der Waals surface area contributed by atoms with E-state index in [0.29, 0.717) is 6.61 Å². The van der Waals surface area contributed by atoms with Gasteiger partial charge in [-0.2, -0.15) is 0 Å².